The fourth-order valence-electron chi connectivity index (χ4n) is 3.77. The van der Waals surface area contributed by atoms with E-state index in [4.69, 9.17) is 0 Å². The lowest BCUT2D eigenvalue weighted by Crippen LogP contribution is -2.34. The highest BCUT2D eigenvalue weighted by atomic mass is 16.2. The molecule has 0 N–H and O–H groups in total. The molecule has 0 aromatic heterocycles. The van der Waals surface area contributed by atoms with Crippen molar-refractivity contribution in [1.82, 2.24) is 4.90 Å². The SMILES string of the molecule is CCN(CC)C(=O)C1=C[C@H]2[C@@H](C1=O)[C@@H]1C=C[C@H]2C1. The van der Waals surface area contributed by atoms with Gasteiger partial charge < -0.3 is 4.90 Å². The van der Waals surface area contributed by atoms with Crippen LogP contribution in [0.1, 0.15) is 20.3 Å². The maximum Gasteiger partial charge on any atom is 0.257 e. The zero-order valence-corrected chi connectivity index (χ0v) is 10.9. The molecule has 3 rings (SSSR count). The number of fused-ring (bicyclic) bond motifs is 5. The van der Waals surface area contributed by atoms with Crippen molar-refractivity contribution >= 4 is 11.7 Å². The number of nitrogens with zero attached hydrogens (tertiary/aromatic N) is 1. The predicted molar refractivity (Wildman–Crippen MR) is 68.7 cm³/mol. The minimum atomic E-state index is -0.0706. The number of hydrogen-bond acceptors (Lipinski definition) is 2. The summed E-state index contributed by atoms with van der Waals surface area (Å²) in [5, 5.41) is 0. The van der Waals surface area contributed by atoms with Gasteiger partial charge in [-0.1, -0.05) is 18.2 Å². The Balaban J connectivity index is 1.86. The fraction of sp³-hybridized carbons (Fsp3) is 0.600. The molecule has 0 spiro atoms. The Morgan fingerprint density at radius 2 is 1.94 bits per heavy atom. The van der Waals surface area contributed by atoms with E-state index in [9.17, 15) is 9.59 Å². The van der Waals surface area contributed by atoms with Crippen LogP contribution in [0.4, 0.5) is 0 Å². The van der Waals surface area contributed by atoms with Gasteiger partial charge in [0.15, 0.2) is 5.78 Å². The van der Waals surface area contributed by atoms with E-state index < -0.39 is 0 Å². The topological polar surface area (TPSA) is 37.4 Å². The van der Waals surface area contributed by atoms with Crippen molar-refractivity contribution in [1.29, 1.82) is 0 Å². The van der Waals surface area contributed by atoms with Crippen molar-refractivity contribution in [2.24, 2.45) is 23.7 Å². The summed E-state index contributed by atoms with van der Waals surface area (Å²) < 4.78 is 0. The number of carbonyl (C=O) groups is 2. The Morgan fingerprint density at radius 1 is 1.28 bits per heavy atom. The lowest BCUT2D eigenvalue weighted by Gasteiger charge is -2.20. The monoisotopic (exact) mass is 245 g/mol. The average molecular weight is 245 g/mol. The molecule has 3 nitrogen and oxygen atoms in total. The van der Waals surface area contributed by atoms with E-state index in [-0.39, 0.29) is 17.6 Å². The van der Waals surface area contributed by atoms with Crippen LogP contribution >= 0.6 is 0 Å². The second-order valence-electron chi connectivity index (χ2n) is 5.47. The van der Waals surface area contributed by atoms with Crippen LogP contribution in [0.3, 0.4) is 0 Å². The first-order chi connectivity index (χ1) is 8.67. The number of Topliss-reactive ketones (excluding diaryl/α,β-unsaturated/α-hetero) is 1. The van der Waals surface area contributed by atoms with Crippen LogP contribution in [-0.2, 0) is 9.59 Å². The molecular weight excluding hydrogens is 226 g/mol. The maximum atomic E-state index is 12.4. The average Bonchev–Trinajstić information content (AvgIpc) is 3.03. The van der Waals surface area contributed by atoms with Gasteiger partial charge in [-0.15, -0.1) is 0 Å². The van der Waals surface area contributed by atoms with Crippen LogP contribution in [-0.4, -0.2) is 29.7 Å². The van der Waals surface area contributed by atoms with Crippen molar-refractivity contribution in [2.75, 3.05) is 13.1 Å². The summed E-state index contributed by atoms with van der Waals surface area (Å²) in [7, 11) is 0. The smallest absolute Gasteiger partial charge is 0.257 e. The number of likely N-dealkylation sites (N-methyl/N-ethyl adjacent to an activating group) is 1. The third kappa shape index (κ3) is 1.43. The van der Waals surface area contributed by atoms with Gasteiger partial charge in [0.1, 0.15) is 0 Å². The minimum Gasteiger partial charge on any atom is -0.339 e. The van der Waals surface area contributed by atoms with Crippen molar-refractivity contribution < 1.29 is 9.59 Å². The Bertz CT molecular complexity index is 459. The molecule has 0 aromatic carbocycles. The number of ketones is 1. The van der Waals surface area contributed by atoms with E-state index in [2.05, 4.69) is 12.2 Å². The Morgan fingerprint density at radius 3 is 2.56 bits per heavy atom. The van der Waals surface area contributed by atoms with Crippen LogP contribution in [0.15, 0.2) is 23.8 Å². The van der Waals surface area contributed by atoms with Gasteiger partial charge in [-0.3, -0.25) is 9.59 Å². The largest absolute Gasteiger partial charge is 0.339 e. The molecule has 1 fully saturated rings. The molecular formula is C15H19NO2. The normalized spacial score (nSPS) is 35.9. The number of rotatable bonds is 3. The maximum absolute atomic E-state index is 12.4. The van der Waals surface area contributed by atoms with E-state index in [1.165, 1.54) is 0 Å². The molecule has 0 radical (unpaired) electrons. The van der Waals surface area contributed by atoms with Gasteiger partial charge in [0, 0.05) is 19.0 Å². The van der Waals surface area contributed by atoms with Gasteiger partial charge in [-0.2, -0.15) is 0 Å². The summed E-state index contributed by atoms with van der Waals surface area (Å²) >= 11 is 0. The summed E-state index contributed by atoms with van der Waals surface area (Å²) in [6.07, 6.45) is 7.45. The van der Waals surface area contributed by atoms with Crippen LogP contribution < -0.4 is 0 Å². The zero-order chi connectivity index (χ0) is 12.9. The molecule has 1 saturated carbocycles. The number of hydrogen-bond donors (Lipinski definition) is 0. The molecule has 18 heavy (non-hydrogen) atoms. The highest BCUT2D eigenvalue weighted by Crippen LogP contribution is 2.53. The second kappa shape index (κ2) is 4.08. The van der Waals surface area contributed by atoms with E-state index in [1.807, 2.05) is 19.9 Å². The molecule has 0 aromatic rings. The van der Waals surface area contributed by atoms with E-state index in [1.54, 1.807) is 4.90 Å². The molecule has 0 heterocycles. The Labute approximate surface area is 108 Å². The van der Waals surface area contributed by atoms with Gasteiger partial charge in [-0.05, 0) is 38.0 Å². The molecule has 2 bridgehead atoms. The van der Waals surface area contributed by atoms with Crippen LogP contribution in [0.25, 0.3) is 0 Å². The van der Waals surface area contributed by atoms with Crippen molar-refractivity contribution in [3.05, 3.63) is 23.8 Å². The highest BCUT2D eigenvalue weighted by Gasteiger charge is 2.52. The van der Waals surface area contributed by atoms with Gasteiger partial charge in [0.05, 0.1) is 5.57 Å². The molecule has 1 amide bonds. The molecule has 0 aliphatic heterocycles. The number of amides is 1. The van der Waals surface area contributed by atoms with Crippen LogP contribution in [0, 0.1) is 23.7 Å². The van der Waals surface area contributed by atoms with Gasteiger partial charge in [0.25, 0.3) is 5.91 Å². The Hall–Kier alpha value is -1.38. The van der Waals surface area contributed by atoms with E-state index in [0.29, 0.717) is 36.4 Å². The van der Waals surface area contributed by atoms with E-state index >= 15 is 0 Å². The third-order valence-electron chi connectivity index (χ3n) is 4.73. The molecule has 3 heteroatoms. The summed E-state index contributed by atoms with van der Waals surface area (Å²) in [5.41, 5.74) is 0.451. The highest BCUT2D eigenvalue weighted by molar-refractivity contribution is 6.22. The predicted octanol–water partition coefficient (Wildman–Crippen LogP) is 1.80. The number of allylic oxidation sites excluding steroid dienone is 3. The van der Waals surface area contributed by atoms with Crippen LogP contribution in [0.2, 0.25) is 0 Å². The molecule has 3 aliphatic carbocycles. The molecule has 3 aliphatic rings. The van der Waals surface area contributed by atoms with E-state index in [0.717, 1.165) is 6.42 Å². The quantitative estimate of drug-likeness (QED) is 0.561. The second-order valence-corrected chi connectivity index (χ2v) is 5.47. The summed E-state index contributed by atoms with van der Waals surface area (Å²) in [4.78, 5) is 26.4. The van der Waals surface area contributed by atoms with Crippen molar-refractivity contribution in [2.45, 2.75) is 20.3 Å². The molecule has 0 unspecified atom stereocenters. The van der Waals surface area contributed by atoms with Crippen LogP contribution in [0.5, 0.6) is 0 Å². The minimum absolute atomic E-state index is 0.0644. The summed E-state index contributed by atoms with van der Waals surface area (Å²) in [5.74, 6) is 1.25. The molecule has 4 atom stereocenters. The summed E-state index contributed by atoms with van der Waals surface area (Å²) in [6, 6.07) is 0. The van der Waals surface area contributed by atoms with Gasteiger partial charge >= 0.3 is 0 Å². The lowest BCUT2D eigenvalue weighted by molar-refractivity contribution is -0.130. The summed E-state index contributed by atoms with van der Waals surface area (Å²) in [6.45, 7) is 5.24. The first-order valence-electron chi connectivity index (χ1n) is 6.91. The Kier molecular flexibility index (Phi) is 2.65. The first kappa shape index (κ1) is 11.7. The van der Waals surface area contributed by atoms with Crippen molar-refractivity contribution in [3.63, 3.8) is 0 Å². The zero-order valence-electron chi connectivity index (χ0n) is 10.9. The molecule has 0 saturated heterocycles. The first-order valence-corrected chi connectivity index (χ1v) is 6.91. The fourth-order valence-corrected chi connectivity index (χ4v) is 3.77. The molecule has 96 valence electrons. The standard InChI is InChI=1S/C15H19NO2/c1-3-16(4-2)15(18)12-8-11-9-5-6-10(7-9)13(11)14(12)17/h5-6,8-11,13H,3-4,7H2,1-2H3/t9-,10+,11+,13-/m0/s1. The third-order valence-corrected chi connectivity index (χ3v) is 4.73. The van der Waals surface area contributed by atoms with Gasteiger partial charge in [0.2, 0.25) is 0 Å². The number of carbonyl (C=O) groups excluding carboxylic acids is 2. The van der Waals surface area contributed by atoms with Gasteiger partial charge in [-0.25, -0.2) is 0 Å². The van der Waals surface area contributed by atoms with Crippen molar-refractivity contribution in [3.8, 4) is 0 Å². The lowest BCUT2D eigenvalue weighted by atomic mass is 9.85.